The first kappa shape index (κ1) is 14.9. The quantitative estimate of drug-likeness (QED) is 0.831. The van der Waals surface area contributed by atoms with E-state index in [1.54, 1.807) is 0 Å². The van der Waals surface area contributed by atoms with Gasteiger partial charge in [0, 0.05) is 12.7 Å². The van der Waals surface area contributed by atoms with E-state index in [0.29, 0.717) is 0 Å². The summed E-state index contributed by atoms with van der Waals surface area (Å²) >= 11 is 0. The summed E-state index contributed by atoms with van der Waals surface area (Å²) in [5, 5.41) is 20.8. The maximum Gasteiger partial charge on any atom is 0.186 e. The average molecular weight is 296 g/mol. The van der Waals surface area contributed by atoms with E-state index in [4.69, 9.17) is 18.9 Å². The first-order chi connectivity index (χ1) is 10.0. The summed E-state index contributed by atoms with van der Waals surface area (Å²) < 4.78 is 22.1. The van der Waals surface area contributed by atoms with Crippen LogP contribution in [0.2, 0.25) is 0 Å². The van der Waals surface area contributed by atoms with Gasteiger partial charge in [-0.2, -0.15) is 0 Å². The fourth-order valence-corrected chi connectivity index (χ4v) is 2.81. The Morgan fingerprint density at radius 1 is 1.24 bits per heavy atom. The zero-order chi connectivity index (χ0) is 15.0. The standard InChI is InChI=1S/C15H20O6/c1-15(17)11(16)14(18-2)20-10-8-19-13(21-12(10)15)9-6-4-3-5-7-9/h3-7,10-14,16-17H,8H2,1-2H3/t10-,11+,12-,13?,14-,15-/m1/s1. The van der Waals surface area contributed by atoms with E-state index in [2.05, 4.69) is 0 Å². The Bertz CT molecular complexity index is 476. The molecular weight excluding hydrogens is 276 g/mol. The summed E-state index contributed by atoms with van der Waals surface area (Å²) in [5.41, 5.74) is -0.629. The highest BCUT2D eigenvalue weighted by Crippen LogP contribution is 2.38. The lowest BCUT2D eigenvalue weighted by atomic mass is 9.85. The second-order valence-corrected chi connectivity index (χ2v) is 5.58. The first-order valence-corrected chi connectivity index (χ1v) is 6.94. The Kier molecular flexibility index (Phi) is 4.00. The van der Waals surface area contributed by atoms with Crippen molar-refractivity contribution in [1.29, 1.82) is 0 Å². The molecule has 0 amide bonds. The summed E-state index contributed by atoms with van der Waals surface area (Å²) in [6.45, 7) is 1.78. The fraction of sp³-hybridized carbons (Fsp3) is 0.600. The maximum absolute atomic E-state index is 10.6. The number of hydrogen-bond acceptors (Lipinski definition) is 6. The van der Waals surface area contributed by atoms with E-state index >= 15 is 0 Å². The smallest absolute Gasteiger partial charge is 0.186 e. The molecule has 0 spiro atoms. The number of aliphatic hydroxyl groups is 2. The molecule has 6 heteroatoms. The topological polar surface area (TPSA) is 77.4 Å². The van der Waals surface area contributed by atoms with E-state index < -0.39 is 36.5 Å². The van der Waals surface area contributed by atoms with Crippen molar-refractivity contribution in [2.45, 2.75) is 43.4 Å². The van der Waals surface area contributed by atoms with Crippen LogP contribution in [0.25, 0.3) is 0 Å². The molecule has 0 radical (unpaired) electrons. The van der Waals surface area contributed by atoms with Gasteiger partial charge in [-0.05, 0) is 6.92 Å². The van der Waals surface area contributed by atoms with Gasteiger partial charge in [0.25, 0.3) is 0 Å². The molecule has 1 unspecified atom stereocenters. The molecule has 0 aliphatic carbocycles. The fourth-order valence-electron chi connectivity index (χ4n) is 2.81. The molecule has 6 nitrogen and oxygen atoms in total. The number of benzene rings is 1. The Labute approximate surface area is 123 Å². The molecule has 21 heavy (non-hydrogen) atoms. The monoisotopic (exact) mass is 296 g/mol. The molecule has 2 fully saturated rings. The predicted molar refractivity (Wildman–Crippen MR) is 72.3 cm³/mol. The Morgan fingerprint density at radius 2 is 1.95 bits per heavy atom. The lowest BCUT2D eigenvalue weighted by Crippen LogP contribution is -2.68. The molecule has 0 bridgehead atoms. The van der Waals surface area contributed by atoms with E-state index in [9.17, 15) is 10.2 Å². The van der Waals surface area contributed by atoms with Crippen molar-refractivity contribution in [3.63, 3.8) is 0 Å². The first-order valence-electron chi connectivity index (χ1n) is 6.94. The third kappa shape index (κ3) is 2.59. The Hall–Kier alpha value is -1.02. The number of aliphatic hydroxyl groups excluding tert-OH is 1. The predicted octanol–water partition coefficient (Wildman–Crippen LogP) is 0.584. The van der Waals surface area contributed by atoms with Gasteiger partial charge in [0.1, 0.15) is 23.9 Å². The minimum Gasteiger partial charge on any atom is -0.385 e. The lowest BCUT2D eigenvalue weighted by molar-refractivity contribution is -0.380. The number of fused-ring (bicyclic) bond motifs is 1. The van der Waals surface area contributed by atoms with Crippen molar-refractivity contribution in [1.82, 2.24) is 0 Å². The molecule has 2 aliphatic heterocycles. The molecule has 0 saturated carbocycles. The lowest BCUT2D eigenvalue weighted by Gasteiger charge is -2.50. The van der Waals surface area contributed by atoms with Crippen molar-refractivity contribution in [2.24, 2.45) is 0 Å². The number of rotatable bonds is 2. The molecule has 1 aromatic carbocycles. The second kappa shape index (κ2) is 5.64. The minimum atomic E-state index is -1.49. The van der Waals surface area contributed by atoms with Crippen molar-refractivity contribution >= 4 is 0 Å². The van der Waals surface area contributed by atoms with Crippen LogP contribution < -0.4 is 0 Å². The van der Waals surface area contributed by atoms with E-state index in [-0.39, 0.29) is 6.61 Å². The van der Waals surface area contributed by atoms with Gasteiger partial charge in [0.2, 0.25) is 0 Å². The largest absolute Gasteiger partial charge is 0.385 e. The summed E-state index contributed by atoms with van der Waals surface area (Å²) in [4.78, 5) is 0. The minimum absolute atomic E-state index is 0.257. The summed E-state index contributed by atoms with van der Waals surface area (Å²) in [6, 6.07) is 9.45. The molecule has 2 heterocycles. The number of ether oxygens (including phenoxy) is 4. The maximum atomic E-state index is 10.6. The second-order valence-electron chi connectivity index (χ2n) is 5.58. The highest BCUT2D eigenvalue weighted by atomic mass is 16.8. The Morgan fingerprint density at radius 3 is 2.62 bits per heavy atom. The van der Waals surface area contributed by atoms with Crippen LogP contribution in [0.5, 0.6) is 0 Å². The van der Waals surface area contributed by atoms with Crippen LogP contribution in [-0.2, 0) is 18.9 Å². The normalized spacial score (nSPS) is 43.3. The van der Waals surface area contributed by atoms with Gasteiger partial charge in [0.15, 0.2) is 12.6 Å². The molecule has 116 valence electrons. The van der Waals surface area contributed by atoms with E-state index in [0.717, 1.165) is 5.56 Å². The van der Waals surface area contributed by atoms with Gasteiger partial charge in [-0.25, -0.2) is 0 Å². The third-order valence-electron chi connectivity index (χ3n) is 4.07. The van der Waals surface area contributed by atoms with E-state index in [1.807, 2.05) is 30.3 Å². The molecule has 6 atom stereocenters. The van der Waals surface area contributed by atoms with Crippen molar-refractivity contribution in [3.8, 4) is 0 Å². The highest BCUT2D eigenvalue weighted by molar-refractivity contribution is 5.17. The average Bonchev–Trinajstić information content (AvgIpc) is 2.52. The third-order valence-corrected chi connectivity index (χ3v) is 4.07. The SMILES string of the molecule is CO[C@@H]1O[C@@H]2COC(c3ccccc3)O[C@H]2[C@](C)(O)[C@H]1O. The van der Waals surface area contributed by atoms with Gasteiger partial charge in [-0.15, -0.1) is 0 Å². The van der Waals surface area contributed by atoms with Crippen LogP contribution in [0.4, 0.5) is 0 Å². The van der Waals surface area contributed by atoms with Crippen LogP contribution >= 0.6 is 0 Å². The van der Waals surface area contributed by atoms with Gasteiger partial charge >= 0.3 is 0 Å². The number of methoxy groups -OCH3 is 1. The summed E-state index contributed by atoms with van der Waals surface area (Å²) in [6.07, 6.45) is -3.88. The van der Waals surface area contributed by atoms with Gasteiger partial charge in [0.05, 0.1) is 6.61 Å². The van der Waals surface area contributed by atoms with Crippen LogP contribution in [0, 0.1) is 0 Å². The molecule has 2 aliphatic rings. The molecule has 3 rings (SSSR count). The molecule has 0 aromatic heterocycles. The molecule has 1 aromatic rings. The Balaban J connectivity index is 1.81. The zero-order valence-corrected chi connectivity index (χ0v) is 12.0. The van der Waals surface area contributed by atoms with Crippen LogP contribution in [0.15, 0.2) is 30.3 Å². The van der Waals surface area contributed by atoms with Crippen molar-refractivity contribution in [3.05, 3.63) is 35.9 Å². The van der Waals surface area contributed by atoms with Gasteiger partial charge in [-0.3, -0.25) is 0 Å². The molecular formula is C15H20O6. The number of hydrogen-bond donors (Lipinski definition) is 2. The van der Waals surface area contributed by atoms with Crippen LogP contribution in [0.1, 0.15) is 18.8 Å². The van der Waals surface area contributed by atoms with E-state index in [1.165, 1.54) is 14.0 Å². The van der Waals surface area contributed by atoms with Crippen molar-refractivity contribution in [2.75, 3.05) is 13.7 Å². The van der Waals surface area contributed by atoms with Gasteiger partial charge in [-0.1, -0.05) is 30.3 Å². The zero-order valence-electron chi connectivity index (χ0n) is 12.0. The van der Waals surface area contributed by atoms with Crippen LogP contribution in [0.3, 0.4) is 0 Å². The summed E-state index contributed by atoms with van der Waals surface area (Å²) in [7, 11) is 1.42. The molecule has 2 saturated heterocycles. The summed E-state index contributed by atoms with van der Waals surface area (Å²) in [5.74, 6) is 0. The van der Waals surface area contributed by atoms with Crippen molar-refractivity contribution < 1.29 is 29.2 Å². The highest BCUT2D eigenvalue weighted by Gasteiger charge is 2.56. The van der Waals surface area contributed by atoms with Gasteiger partial charge < -0.3 is 29.2 Å². The molecule has 2 N–H and O–H groups in total. The van der Waals surface area contributed by atoms with Crippen LogP contribution in [-0.4, -0.2) is 54.1 Å².